The highest BCUT2D eigenvalue weighted by Gasteiger charge is 2.19. The van der Waals surface area contributed by atoms with Crippen molar-refractivity contribution in [3.8, 4) is 22.8 Å². The van der Waals surface area contributed by atoms with Gasteiger partial charge in [-0.2, -0.15) is 0 Å². The number of aromatic nitrogens is 2. The molecule has 2 N–H and O–H groups in total. The highest BCUT2D eigenvalue weighted by Crippen LogP contribution is 2.34. The van der Waals surface area contributed by atoms with E-state index in [-0.39, 0.29) is 11.7 Å². The molecule has 0 bridgehead atoms. The van der Waals surface area contributed by atoms with Crippen LogP contribution in [0, 0.1) is 0 Å². The Morgan fingerprint density at radius 3 is 2.71 bits per heavy atom. The number of carboxylic acid groups (broad SMARTS) is 1. The zero-order chi connectivity index (χ0) is 17.1. The zero-order valence-corrected chi connectivity index (χ0v) is 13.4. The Balaban J connectivity index is 1.90. The van der Waals surface area contributed by atoms with Crippen molar-refractivity contribution in [2.75, 3.05) is 7.11 Å². The third-order valence-corrected chi connectivity index (χ3v) is 4.15. The summed E-state index contributed by atoms with van der Waals surface area (Å²) in [5, 5.41) is 11.6. The van der Waals surface area contributed by atoms with Crippen LogP contribution in [-0.2, 0) is 11.3 Å². The van der Waals surface area contributed by atoms with Crippen LogP contribution in [0.25, 0.3) is 11.3 Å². The number of benzene rings is 1. The Bertz CT molecular complexity index is 787. The van der Waals surface area contributed by atoms with Crippen LogP contribution in [0.5, 0.6) is 11.5 Å². The quantitative estimate of drug-likeness (QED) is 0.846. The largest absolute Gasteiger partial charge is 0.493 e. The van der Waals surface area contributed by atoms with Gasteiger partial charge in [0, 0.05) is 11.6 Å². The highest BCUT2D eigenvalue weighted by atomic mass is 16.5. The summed E-state index contributed by atoms with van der Waals surface area (Å²) in [5.41, 5.74) is 0.895. The predicted molar refractivity (Wildman–Crippen MR) is 87.6 cm³/mol. The van der Waals surface area contributed by atoms with Gasteiger partial charge in [-0.05, 0) is 43.9 Å². The molecule has 0 unspecified atom stereocenters. The lowest BCUT2D eigenvalue weighted by Crippen LogP contribution is -2.20. The average Bonchev–Trinajstić information content (AvgIpc) is 3.17. The van der Waals surface area contributed by atoms with E-state index >= 15 is 0 Å². The van der Waals surface area contributed by atoms with Gasteiger partial charge in [-0.15, -0.1) is 0 Å². The van der Waals surface area contributed by atoms with E-state index in [1.165, 1.54) is 6.07 Å². The van der Waals surface area contributed by atoms with Gasteiger partial charge < -0.3 is 14.6 Å². The second-order valence-electron chi connectivity index (χ2n) is 5.88. The third kappa shape index (κ3) is 3.45. The molecule has 7 nitrogen and oxygen atoms in total. The number of carbonyl (C=O) groups is 1. The summed E-state index contributed by atoms with van der Waals surface area (Å²) in [6.07, 6.45) is 4.57. The van der Waals surface area contributed by atoms with Gasteiger partial charge in [0.05, 0.1) is 18.9 Å². The fraction of sp³-hybridized carbons (Fsp3) is 0.412. The molecule has 1 aliphatic carbocycles. The van der Waals surface area contributed by atoms with Gasteiger partial charge >= 0.3 is 5.97 Å². The summed E-state index contributed by atoms with van der Waals surface area (Å²) in [4.78, 5) is 22.6. The molecule has 1 heterocycles. The van der Waals surface area contributed by atoms with E-state index in [2.05, 4.69) is 5.10 Å². The molecule has 1 aromatic carbocycles. The normalized spacial score (nSPS) is 14.7. The number of H-pyrrole nitrogens is 1. The van der Waals surface area contributed by atoms with Crippen LogP contribution < -0.4 is 15.0 Å². The minimum atomic E-state index is -1.08. The number of nitrogens with one attached hydrogen (secondary N) is 1. The van der Waals surface area contributed by atoms with Crippen LogP contribution >= 0.6 is 0 Å². The molecule has 0 amide bonds. The molecule has 0 atom stereocenters. The van der Waals surface area contributed by atoms with Crippen molar-refractivity contribution in [3.63, 3.8) is 0 Å². The molecule has 1 aliphatic rings. The number of methoxy groups -OCH3 is 1. The molecule has 0 radical (unpaired) electrons. The number of ether oxygens (including phenoxy) is 2. The molecule has 0 saturated heterocycles. The van der Waals surface area contributed by atoms with Gasteiger partial charge in [-0.3, -0.25) is 14.7 Å². The lowest BCUT2D eigenvalue weighted by atomic mass is 10.1. The van der Waals surface area contributed by atoms with Crippen molar-refractivity contribution >= 4 is 5.97 Å². The van der Waals surface area contributed by atoms with E-state index < -0.39 is 12.5 Å². The molecule has 24 heavy (non-hydrogen) atoms. The second-order valence-corrected chi connectivity index (χ2v) is 5.88. The van der Waals surface area contributed by atoms with Crippen molar-refractivity contribution in [1.82, 2.24) is 9.78 Å². The summed E-state index contributed by atoms with van der Waals surface area (Å²) < 4.78 is 12.4. The van der Waals surface area contributed by atoms with Crippen molar-refractivity contribution in [3.05, 3.63) is 34.6 Å². The Hall–Kier alpha value is -2.70. The summed E-state index contributed by atoms with van der Waals surface area (Å²) in [6, 6.07) is 6.78. The van der Waals surface area contributed by atoms with Gasteiger partial charge in [0.25, 0.3) is 5.56 Å². The maximum absolute atomic E-state index is 11.8. The summed E-state index contributed by atoms with van der Waals surface area (Å²) in [5.74, 6) is 0.192. The predicted octanol–water partition coefficient (Wildman–Crippen LogP) is 2.26. The number of hydrogen-bond donors (Lipinski definition) is 2. The van der Waals surface area contributed by atoms with E-state index in [4.69, 9.17) is 14.6 Å². The Kier molecular flexibility index (Phi) is 4.59. The zero-order valence-electron chi connectivity index (χ0n) is 13.4. The topological polar surface area (TPSA) is 93.5 Å². The van der Waals surface area contributed by atoms with Crippen molar-refractivity contribution in [2.45, 2.75) is 38.3 Å². The van der Waals surface area contributed by atoms with Crippen LogP contribution in [0.1, 0.15) is 25.7 Å². The first-order valence-corrected chi connectivity index (χ1v) is 7.93. The van der Waals surface area contributed by atoms with Crippen molar-refractivity contribution in [2.24, 2.45) is 0 Å². The number of rotatable bonds is 6. The summed E-state index contributed by atoms with van der Waals surface area (Å²) >= 11 is 0. The van der Waals surface area contributed by atoms with E-state index in [0.29, 0.717) is 17.2 Å². The average molecular weight is 332 g/mol. The molecule has 1 fully saturated rings. The van der Waals surface area contributed by atoms with Crippen molar-refractivity contribution in [1.29, 1.82) is 0 Å². The minimum Gasteiger partial charge on any atom is -0.493 e. The molecule has 7 heteroatoms. The van der Waals surface area contributed by atoms with Crippen LogP contribution in [-0.4, -0.2) is 34.1 Å². The Labute approximate surface area is 138 Å². The lowest BCUT2D eigenvalue weighted by Gasteiger charge is -2.16. The smallest absolute Gasteiger partial charge is 0.325 e. The van der Waals surface area contributed by atoms with Gasteiger partial charge in [0.2, 0.25) is 0 Å². The van der Waals surface area contributed by atoms with Crippen LogP contribution in [0.15, 0.2) is 29.1 Å². The van der Waals surface area contributed by atoms with Crippen LogP contribution in [0.3, 0.4) is 0 Å². The number of hydrogen-bond acceptors (Lipinski definition) is 4. The molecular weight excluding hydrogens is 312 g/mol. The first-order chi connectivity index (χ1) is 11.6. The minimum absolute atomic E-state index is 0.185. The highest BCUT2D eigenvalue weighted by molar-refractivity contribution is 5.67. The van der Waals surface area contributed by atoms with Gasteiger partial charge in [-0.1, -0.05) is 0 Å². The van der Waals surface area contributed by atoms with E-state index in [1.54, 1.807) is 19.2 Å². The number of carboxylic acids is 1. The Morgan fingerprint density at radius 1 is 1.29 bits per heavy atom. The molecule has 1 saturated carbocycles. The van der Waals surface area contributed by atoms with Crippen molar-refractivity contribution < 1.29 is 19.4 Å². The van der Waals surface area contributed by atoms with E-state index in [9.17, 15) is 9.59 Å². The van der Waals surface area contributed by atoms with E-state index in [0.717, 1.165) is 35.9 Å². The third-order valence-electron chi connectivity index (χ3n) is 4.15. The SMILES string of the molecule is COc1ccc(-c2cc(=O)n(CC(=O)O)[nH]2)cc1OC1CCCC1. The monoisotopic (exact) mass is 332 g/mol. The Morgan fingerprint density at radius 2 is 2.04 bits per heavy atom. The van der Waals surface area contributed by atoms with Gasteiger partial charge in [0.1, 0.15) is 6.54 Å². The molecule has 2 aromatic rings. The molecule has 0 spiro atoms. The molecule has 0 aliphatic heterocycles. The summed E-state index contributed by atoms with van der Waals surface area (Å²) in [6.45, 7) is -0.402. The van der Waals surface area contributed by atoms with Crippen LogP contribution in [0.2, 0.25) is 0 Å². The molecular formula is C17H20N2O5. The number of nitrogens with zero attached hydrogens (tertiary/aromatic N) is 1. The number of aliphatic carboxylic acids is 1. The first-order valence-electron chi connectivity index (χ1n) is 7.93. The fourth-order valence-electron chi connectivity index (χ4n) is 2.96. The van der Waals surface area contributed by atoms with E-state index in [1.807, 2.05) is 6.07 Å². The maximum atomic E-state index is 11.8. The summed E-state index contributed by atoms with van der Waals surface area (Å²) in [7, 11) is 1.59. The second kappa shape index (κ2) is 6.82. The molecule has 128 valence electrons. The van der Waals surface area contributed by atoms with Crippen LogP contribution in [0.4, 0.5) is 0 Å². The number of aromatic amines is 1. The lowest BCUT2D eigenvalue weighted by molar-refractivity contribution is -0.137. The maximum Gasteiger partial charge on any atom is 0.325 e. The molecule has 1 aromatic heterocycles. The first kappa shape index (κ1) is 16.2. The fourth-order valence-corrected chi connectivity index (χ4v) is 2.96. The molecule has 3 rings (SSSR count). The van der Waals surface area contributed by atoms with Gasteiger partial charge in [-0.25, -0.2) is 4.68 Å². The standard InChI is InChI=1S/C17H20N2O5/c1-23-14-7-6-11(8-15(14)24-12-4-2-3-5-12)13-9-16(20)19(18-13)10-17(21)22/h6-9,12,18H,2-5,10H2,1H3,(H,21,22). The van der Waals surface area contributed by atoms with Gasteiger partial charge in [0.15, 0.2) is 11.5 Å².